The van der Waals surface area contributed by atoms with Gasteiger partial charge in [-0.3, -0.25) is 9.59 Å². The molecule has 0 spiro atoms. The highest BCUT2D eigenvalue weighted by Crippen LogP contribution is 2.10. The van der Waals surface area contributed by atoms with Crippen molar-refractivity contribution in [2.24, 2.45) is 0 Å². The second-order valence-electron chi connectivity index (χ2n) is 15.4. The predicted molar refractivity (Wildman–Crippen MR) is 278 cm³/mol. The smallest absolute Gasteiger partial charge is 0.306 e. The fraction of sp³-hybridized carbons (Fsp3) is 0.492. The average Bonchev–Trinajstić information content (AvgIpc) is 3.30. The summed E-state index contributed by atoms with van der Waals surface area (Å²) in [5.41, 5.74) is 0. The van der Waals surface area contributed by atoms with E-state index >= 15 is 0 Å². The van der Waals surface area contributed by atoms with Gasteiger partial charge in [0, 0.05) is 12.8 Å². The standard InChI is InChI=1S/C59H88O5/c1-3-5-7-9-11-13-15-17-19-21-23-25-26-27-28-29-30-31-32-34-36-38-40-42-44-46-48-50-52-54-59(62)64-57(55-60)56-63-58(61)53-51-49-47-45-43-41-39-37-35-33-24-22-20-18-16-14-12-10-8-6-4-2/h5-8,11-14,17-20,23-25,27-28,30-31,33-34,36-37,39-40,42,46,48,57,60H,3-4,9-10,15-16,21-22,26,29,32,35,38,41,43-45,47,49-56H2,1-2H3/b7-5-,8-6-,13-11-,14-12-,19-17-,20-18-,25-23-,28-27-,31-30-,33-24-,36-34-,39-37-,42-40-,48-46-. The Morgan fingerprint density at radius 1 is 0.359 bits per heavy atom. The molecule has 0 fully saturated rings. The van der Waals surface area contributed by atoms with Crippen molar-refractivity contribution in [1.29, 1.82) is 0 Å². The number of aliphatic hydroxyl groups excluding tert-OH is 1. The van der Waals surface area contributed by atoms with Crippen molar-refractivity contribution in [2.75, 3.05) is 13.2 Å². The van der Waals surface area contributed by atoms with Gasteiger partial charge < -0.3 is 14.6 Å². The lowest BCUT2D eigenvalue weighted by Crippen LogP contribution is -2.28. The number of hydrogen-bond donors (Lipinski definition) is 1. The lowest BCUT2D eigenvalue weighted by molar-refractivity contribution is -0.161. The Hall–Kier alpha value is -4.74. The number of hydrogen-bond acceptors (Lipinski definition) is 5. The fourth-order valence-electron chi connectivity index (χ4n) is 5.87. The number of allylic oxidation sites excluding steroid dienone is 28. The van der Waals surface area contributed by atoms with Crippen LogP contribution in [0.4, 0.5) is 0 Å². The number of rotatable bonds is 42. The summed E-state index contributed by atoms with van der Waals surface area (Å²) in [6.45, 7) is 3.82. The van der Waals surface area contributed by atoms with Crippen molar-refractivity contribution >= 4 is 11.9 Å². The Morgan fingerprint density at radius 3 is 0.984 bits per heavy atom. The second kappa shape index (κ2) is 52.6. The van der Waals surface area contributed by atoms with Crippen LogP contribution in [0.5, 0.6) is 0 Å². The summed E-state index contributed by atoms with van der Waals surface area (Å²) in [7, 11) is 0. The first-order chi connectivity index (χ1) is 31.6. The Kier molecular flexibility index (Phi) is 48.7. The molecule has 0 saturated carbocycles. The van der Waals surface area contributed by atoms with E-state index in [1.54, 1.807) is 0 Å². The average molecular weight is 877 g/mol. The molecule has 64 heavy (non-hydrogen) atoms. The van der Waals surface area contributed by atoms with Gasteiger partial charge in [0.25, 0.3) is 0 Å². The van der Waals surface area contributed by atoms with Crippen LogP contribution in [-0.4, -0.2) is 36.4 Å². The first-order valence-electron chi connectivity index (χ1n) is 24.7. The van der Waals surface area contributed by atoms with Gasteiger partial charge in [0.1, 0.15) is 6.61 Å². The predicted octanol–water partition coefficient (Wildman–Crippen LogP) is 16.6. The van der Waals surface area contributed by atoms with Gasteiger partial charge in [0.05, 0.1) is 6.61 Å². The summed E-state index contributed by atoms with van der Waals surface area (Å²) in [5.74, 6) is -0.701. The number of ether oxygens (including phenoxy) is 2. The van der Waals surface area contributed by atoms with E-state index in [9.17, 15) is 14.7 Å². The Morgan fingerprint density at radius 2 is 0.641 bits per heavy atom. The lowest BCUT2D eigenvalue weighted by Gasteiger charge is -2.15. The molecule has 5 heteroatoms. The number of aliphatic hydroxyl groups is 1. The van der Waals surface area contributed by atoms with E-state index in [1.165, 1.54) is 0 Å². The number of unbranched alkanes of at least 4 members (excludes halogenated alkanes) is 6. The molecule has 0 rings (SSSR count). The van der Waals surface area contributed by atoms with Gasteiger partial charge in [-0.25, -0.2) is 0 Å². The molecule has 0 radical (unpaired) electrons. The highest BCUT2D eigenvalue weighted by Gasteiger charge is 2.16. The molecule has 1 N–H and O–H groups in total. The van der Waals surface area contributed by atoms with Crippen molar-refractivity contribution in [3.8, 4) is 0 Å². The molecular formula is C59H88O5. The molecule has 0 aliphatic carbocycles. The van der Waals surface area contributed by atoms with Crippen LogP contribution in [0.15, 0.2) is 170 Å². The van der Waals surface area contributed by atoms with Gasteiger partial charge in [-0.05, 0) is 122 Å². The van der Waals surface area contributed by atoms with Gasteiger partial charge >= 0.3 is 11.9 Å². The Bertz CT molecular complexity index is 1500. The molecule has 0 aliphatic rings. The minimum atomic E-state index is -0.826. The third-order valence-corrected chi connectivity index (χ3v) is 9.51. The summed E-state index contributed by atoms with van der Waals surface area (Å²) >= 11 is 0. The van der Waals surface area contributed by atoms with E-state index in [-0.39, 0.29) is 31.6 Å². The van der Waals surface area contributed by atoms with Crippen LogP contribution in [0.25, 0.3) is 0 Å². The molecule has 1 unspecified atom stereocenters. The summed E-state index contributed by atoms with van der Waals surface area (Å²) in [6.07, 6.45) is 82.9. The number of carbonyl (C=O) groups excluding carboxylic acids is 2. The van der Waals surface area contributed by atoms with Crippen LogP contribution in [-0.2, 0) is 19.1 Å². The Balaban J connectivity index is 3.76. The van der Waals surface area contributed by atoms with Crippen LogP contribution in [0.1, 0.15) is 168 Å². The molecule has 0 bridgehead atoms. The maximum atomic E-state index is 12.2. The van der Waals surface area contributed by atoms with Gasteiger partial charge in [-0.1, -0.05) is 203 Å². The van der Waals surface area contributed by atoms with E-state index in [2.05, 4.69) is 184 Å². The number of carbonyl (C=O) groups is 2. The first kappa shape index (κ1) is 59.3. The first-order valence-corrected chi connectivity index (χ1v) is 24.7. The van der Waals surface area contributed by atoms with Crippen LogP contribution >= 0.6 is 0 Å². The van der Waals surface area contributed by atoms with Crippen molar-refractivity contribution in [2.45, 2.75) is 174 Å². The minimum Gasteiger partial charge on any atom is -0.462 e. The Labute approximate surface area is 392 Å². The molecule has 0 saturated heterocycles. The zero-order valence-electron chi connectivity index (χ0n) is 40.2. The fourth-order valence-corrected chi connectivity index (χ4v) is 5.87. The summed E-state index contributed by atoms with van der Waals surface area (Å²) in [5, 5.41) is 9.61. The van der Waals surface area contributed by atoms with Crippen molar-refractivity contribution in [3.63, 3.8) is 0 Å². The van der Waals surface area contributed by atoms with Gasteiger partial charge in [-0.15, -0.1) is 0 Å². The van der Waals surface area contributed by atoms with E-state index in [0.717, 1.165) is 135 Å². The highest BCUT2D eigenvalue weighted by atomic mass is 16.6. The largest absolute Gasteiger partial charge is 0.462 e. The molecule has 0 aromatic heterocycles. The third kappa shape index (κ3) is 49.9. The zero-order valence-corrected chi connectivity index (χ0v) is 40.2. The molecule has 0 aliphatic heterocycles. The second-order valence-corrected chi connectivity index (χ2v) is 15.4. The molecule has 5 nitrogen and oxygen atoms in total. The molecule has 0 aromatic carbocycles. The molecule has 0 amide bonds. The van der Waals surface area contributed by atoms with Crippen LogP contribution in [0.2, 0.25) is 0 Å². The number of esters is 2. The monoisotopic (exact) mass is 877 g/mol. The normalized spacial score (nSPS) is 13.7. The zero-order chi connectivity index (χ0) is 46.3. The maximum Gasteiger partial charge on any atom is 0.306 e. The molecular weight excluding hydrogens is 789 g/mol. The molecule has 354 valence electrons. The van der Waals surface area contributed by atoms with E-state index in [1.807, 2.05) is 0 Å². The van der Waals surface area contributed by atoms with E-state index < -0.39 is 6.10 Å². The third-order valence-electron chi connectivity index (χ3n) is 9.51. The van der Waals surface area contributed by atoms with Crippen molar-refractivity contribution in [1.82, 2.24) is 0 Å². The topological polar surface area (TPSA) is 72.8 Å². The van der Waals surface area contributed by atoms with Crippen LogP contribution in [0.3, 0.4) is 0 Å². The summed E-state index contributed by atoms with van der Waals surface area (Å²) in [4.78, 5) is 24.4. The van der Waals surface area contributed by atoms with Gasteiger partial charge in [0.2, 0.25) is 0 Å². The van der Waals surface area contributed by atoms with Crippen LogP contribution < -0.4 is 0 Å². The van der Waals surface area contributed by atoms with E-state index in [0.29, 0.717) is 12.8 Å². The van der Waals surface area contributed by atoms with E-state index in [4.69, 9.17) is 9.47 Å². The van der Waals surface area contributed by atoms with Gasteiger partial charge in [0.15, 0.2) is 6.10 Å². The van der Waals surface area contributed by atoms with Crippen molar-refractivity contribution < 1.29 is 24.2 Å². The summed E-state index contributed by atoms with van der Waals surface area (Å²) in [6, 6.07) is 0. The molecule has 1 atom stereocenters. The molecule has 0 heterocycles. The maximum absolute atomic E-state index is 12.2. The quantitative estimate of drug-likeness (QED) is 0.0376. The lowest BCUT2D eigenvalue weighted by atomic mass is 10.1. The van der Waals surface area contributed by atoms with Crippen molar-refractivity contribution in [3.05, 3.63) is 170 Å². The van der Waals surface area contributed by atoms with Gasteiger partial charge in [-0.2, -0.15) is 0 Å². The minimum absolute atomic E-state index is 0.113. The summed E-state index contributed by atoms with van der Waals surface area (Å²) < 4.78 is 10.6. The highest BCUT2D eigenvalue weighted by molar-refractivity contribution is 5.70. The van der Waals surface area contributed by atoms with Crippen LogP contribution in [0, 0.1) is 0 Å². The molecule has 0 aromatic rings. The SMILES string of the molecule is CC/C=C\C/C=C\C/C=C\C/C=C\C/C=C\C/C=C\C/C=C\C/C=C\C/C=C\CCCC(=O)OC(CO)COC(=O)CCCCCCC/C=C\C/C=C\C/C=C\C/C=C\C/C=C\CC.